The summed E-state index contributed by atoms with van der Waals surface area (Å²) >= 11 is 0. The lowest BCUT2D eigenvalue weighted by molar-refractivity contribution is -0.145. The van der Waals surface area contributed by atoms with E-state index in [2.05, 4.69) is 6.58 Å². The predicted molar refractivity (Wildman–Crippen MR) is 97.9 cm³/mol. The summed E-state index contributed by atoms with van der Waals surface area (Å²) in [5, 5.41) is 21.9. The first-order valence-corrected chi connectivity index (χ1v) is 8.56. The number of ether oxygens (including phenoxy) is 2. The lowest BCUT2D eigenvalue weighted by atomic mass is 9.72. The maximum atomic E-state index is 13.0. The van der Waals surface area contributed by atoms with E-state index in [1.807, 2.05) is 0 Å². The van der Waals surface area contributed by atoms with Crippen molar-refractivity contribution in [2.45, 2.75) is 18.9 Å². The molecule has 2 aromatic carbocycles. The minimum absolute atomic E-state index is 0.0422. The Kier molecular flexibility index (Phi) is 5.01. The van der Waals surface area contributed by atoms with Crippen LogP contribution in [0, 0.1) is 0 Å². The van der Waals surface area contributed by atoms with Gasteiger partial charge in [0.05, 0.1) is 12.2 Å². The van der Waals surface area contributed by atoms with Gasteiger partial charge in [-0.2, -0.15) is 0 Å². The molecule has 0 saturated heterocycles. The van der Waals surface area contributed by atoms with Crippen LogP contribution in [0.3, 0.4) is 0 Å². The monoisotopic (exact) mass is 368 g/mol. The molecule has 6 nitrogen and oxygen atoms in total. The van der Waals surface area contributed by atoms with Crippen molar-refractivity contribution in [2.24, 2.45) is 0 Å². The van der Waals surface area contributed by atoms with Gasteiger partial charge >= 0.3 is 5.97 Å². The van der Waals surface area contributed by atoms with Crippen molar-refractivity contribution >= 4 is 11.8 Å². The van der Waals surface area contributed by atoms with Crippen molar-refractivity contribution < 1.29 is 29.3 Å². The van der Waals surface area contributed by atoms with E-state index in [0.29, 0.717) is 11.1 Å². The molecule has 1 unspecified atom stereocenters. The number of phenolic OH excluding ortho intramolecular Hbond substituents is 1. The number of rotatable bonds is 6. The van der Waals surface area contributed by atoms with E-state index in [1.54, 1.807) is 31.2 Å². The molecule has 0 fully saturated rings. The maximum Gasteiger partial charge on any atom is 0.344 e. The van der Waals surface area contributed by atoms with Crippen LogP contribution in [0.2, 0.25) is 0 Å². The number of carbonyl (C=O) groups excluding carboxylic acids is 2. The van der Waals surface area contributed by atoms with Crippen molar-refractivity contribution in [2.75, 3.05) is 13.2 Å². The highest BCUT2D eigenvalue weighted by Gasteiger charge is 2.45. The summed E-state index contributed by atoms with van der Waals surface area (Å²) in [7, 11) is 0. The smallest absolute Gasteiger partial charge is 0.344 e. The van der Waals surface area contributed by atoms with Crippen molar-refractivity contribution in [1.29, 1.82) is 0 Å². The van der Waals surface area contributed by atoms with E-state index in [1.165, 1.54) is 18.2 Å². The average molecular weight is 368 g/mol. The van der Waals surface area contributed by atoms with Crippen LogP contribution in [-0.4, -0.2) is 35.2 Å². The molecule has 0 spiro atoms. The van der Waals surface area contributed by atoms with E-state index < -0.39 is 17.4 Å². The number of aromatic hydroxyl groups is 1. The molecule has 0 heterocycles. The maximum absolute atomic E-state index is 13.0. The molecule has 1 aliphatic rings. The topological polar surface area (TPSA) is 93.1 Å². The third kappa shape index (κ3) is 3.08. The van der Waals surface area contributed by atoms with Gasteiger partial charge in [0.15, 0.2) is 12.4 Å². The zero-order chi connectivity index (χ0) is 19.6. The molecule has 0 aromatic heterocycles. The molecule has 0 saturated carbocycles. The van der Waals surface area contributed by atoms with Gasteiger partial charge in [-0.25, -0.2) is 4.79 Å². The molecule has 0 bridgehead atoms. The molecule has 0 radical (unpaired) electrons. The van der Waals surface area contributed by atoms with Gasteiger partial charge in [0.1, 0.15) is 17.1 Å². The van der Waals surface area contributed by atoms with E-state index in [9.17, 15) is 19.8 Å². The number of hydrogen-bond donors (Lipinski definition) is 2. The van der Waals surface area contributed by atoms with Crippen molar-refractivity contribution in [3.8, 4) is 11.5 Å². The molecular weight excluding hydrogens is 348 g/mol. The number of benzene rings is 2. The second kappa shape index (κ2) is 7.25. The van der Waals surface area contributed by atoms with Crippen LogP contribution in [-0.2, 0) is 15.1 Å². The van der Waals surface area contributed by atoms with E-state index >= 15 is 0 Å². The van der Waals surface area contributed by atoms with Gasteiger partial charge in [0.25, 0.3) is 0 Å². The Labute approximate surface area is 156 Å². The summed E-state index contributed by atoms with van der Waals surface area (Å²) in [4.78, 5) is 24.6. The lowest BCUT2D eigenvalue weighted by Crippen LogP contribution is -2.36. The number of phenols is 1. The Bertz CT molecular complexity index is 917. The lowest BCUT2D eigenvalue weighted by Gasteiger charge is -2.36. The minimum atomic E-state index is -1.63. The number of aliphatic hydroxyl groups is 1. The van der Waals surface area contributed by atoms with E-state index in [0.717, 1.165) is 0 Å². The van der Waals surface area contributed by atoms with Gasteiger partial charge in [0.2, 0.25) is 0 Å². The van der Waals surface area contributed by atoms with Gasteiger partial charge in [-0.05, 0) is 24.6 Å². The van der Waals surface area contributed by atoms with Gasteiger partial charge in [-0.3, -0.25) is 4.79 Å². The second-order valence-corrected chi connectivity index (χ2v) is 6.15. The Morgan fingerprint density at radius 2 is 2.00 bits per heavy atom. The zero-order valence-corrected chi connectivity index (χ0v) is 14.9. The average Bonchev–Trinajstić information content (AvgIpc) is 2.66. The highest BCUT2D eigenvalue weighted by Crippen LogP contribution is 2.48. The fourth-order valence-electron chi connectivity index (χ4n) is 3.40. The SMILES string of the molecule is C=CCC1(O)c2ccccc2C(=O)c2c(O)ccc(OCC(=O)OCC)c21. The normalized spacial score (nSPS) is 17.6. The second-order valence-electron chi connectivity index (χ2n) is 6.15. The first kappa shape index (κ1) is 18.7. The predicted octanol–water partition coefficient (Wildman–Crippen LogP) is 2.69. The molecular formula is C21H20O6. The fraction of sp³-hybridized carbons (Fsp3) is 0.238. The summed E-state index contributed by atoms with van der Waals surface area (Å²) in [5.41, 5.74) is -0.861. The Balaban J connectivity index is 2.18. The number of ketones is 1. The summed E-state index contributed by atoms with van der Waals surface area (Å²) in [6.45, 7) is 5.20. The van der Waals surface area contributed by atoms with Crippen LogP contribution < -0.4 is 4.74 Å². The first-order chi connectivity index (χ1) is 12.9. The van der Waals surface area contributed by atoms with Crippen LogP contribution in [0.4, 0.5) is 0 Å². The number of carbonyl (C=O) groups is 2. The summed E-state index contributed by atoms with van der Waals surface area (Å²) in [6, 6.07) is 9.38. The molecule has 2 aromatic rings. The third-order valence-corrected chi connectivity index (χ3v) is 4.49. The zero-order valence-electron chi connectivity index (χ0n) is 14.9. The molecule has 27 heavy (non-hydrogen) atoms. The molecule has 0 amide bonds. The van der Waals surface area contributed by atoms with E-state index in [4.69, 9.17) is 9.47 Å². The van der Waals surface area contributed by atoms with Gasteiger partial charge in [-0.15, -0.1) is 6.58 Å². The molecule has 1 atom stereocenters. The highest BCUT2D eigenvalue weighted by atomic mass is 16.6. The minimum Gasteiger partial charge on any atom is -0.507 e. The fourth-order valence-corrected chi connectivity index (χ4v) is 3.40. The standard InChI is InChI=1S/C21H20O6/c1-3-11-21(25)14-8-6-5-7-13(14)20(24)18-15(22)9-10-16(19(18)21)27-12-17(23)26-4-2/h3,5-10,22,25H,1,4,11-12H2,2H3. The van der Waals surface area contributed by atoms with Crippen LogP contribution >= 0.6 is 0 Å². The van der Waals surface area contributed by atoms with Gasteiger partial charge in [0, 0.05) is 17.5 Å². The quantitative estimate of drug-likeness (QED) is 0.602. The van der Waals surface area contributed by atoms with Crippen molar-refractivity contribution in [3.05, 3.63) is 71.3 Å². The summed E-state index contributed by atoms with van der Waals surface area (Å²) in [5.74, 6) is -1.14. The van der Waals surface area contributed by atoms with Crippen LogP contribution in [0.15, 0.2) is 49.1 Å². The molecule has 6 heteroatoms. The van der Waals surface area contributed by atoms with Crippen LogP contribution in [0.5, 0.6) is 11.5 Å². The molecule has 2 N–H and O–H groups in total. The Morgan fingerprint density at radius 3 is 2.70 bits per heavy atom. The van der Waals surface area contributed by atoms with Gasteiger partial charge < -0.3 is 19.7 Å². The highest BCUT2D eigenvalue weighted by molar-refractivity contribution is 6.15. The van der Waals surface area contributed by atoms with Crippen LogP contribution in [0.25, 0.3) is 0 Å². The first-order valence-electron chi connectivity index (χ1n) is 8.56. The van der Waals surface area contributed by atoms with Crippen LogP contribution in [0.1, 0.15) is 40.4 Å². The molecule has 1 aliphatic carbocycles. The van der Waals surface area contributed by atoms with Crippen molar-refractivity contribution in [1.82, 2.24) is 0 Å². The van der Waals surface area contributed by atoms with E-state index in [-0.39, 0.29) is 42.3 Å². The largest absolute Gasteiger partial charge is 0.507 e. The number of esters is 1. The number of hydrogen-bond acceptors (Lipinski definition) is 6. The third-order valence-electron chi connectivity index (χ3n) is 4.49. The Morgan fingerprint density at radius 1 is 1.26 bits per heavy atom. The summed E-state index contributed by atoms with van der Waals surface area (Å²) < 4.78 is 10.4. The Hall–Kier alpha value is -3.12. The molecule has 3 rings (SSSR count). The van der Waals surface area contributed by atoms with Gasteiger partial charge in [-0.1, -0.05) is 30.3 Å². The van der Waals surface area contributed by atoms with Crippen molar-refractivity contribution in [3.63, 3.8) is 0 Å². The molecule has 140 valence electrons. The number of fused-ring (bicyclic) bond motifs is 2. The summed E-state index contributed by atoms with van der Waals surface area (Å²) in [6.07, 6.45) is 1.61. The molecule has 0 aliphatic heterocycles.